The van der Waals surface area contributed by atoms with Gasteiger partial charge in [0.2, 0.25) is 5.28 Å². The molecule has 1 saturated heterocycles. The van der Waals surface area contributed by atoms with Crippen LogP contribution in [0.15, 0.2) is 60.9 Å². The van der Waals surface area contributed by atoms with E-state index in [0.717, 1.165) is 38.0 Å². The van der Waals surface area contributed by atoms with Gasteiger partial charge in [-0.25, -0.2) is 4.98 Å². The highest BCUT2D eigenvalue weighted by Crippen LogP contribution is 2.55. The lowest BCUT2D eigenvalue weighted by molar-refractivity contribution is -0.0483. The van der Waals surface area contributed by atoms with E-state index in [-0.39, 0.29) is 22.3 Å². The summed E-state index contributed by atoms with van der Waals surface area (Å²) in [5.41, 5.74) is 1.19. The third-order valence-electron chi connectivity index (χ3n) is 7.59. The lowest BCUT2D eigenvalue weighted by atomic mass is 9.93. The molecule has 17 heteroatoms. The first-order valence-corrected chi connectivity index (χ1v) is 17.2. The third-order valence-corrected chi connectivity index (χ3v) is 11.2. The second-order valence-corrected chi connectivity index (χ2v) is 14.9. The maximum atomic E-state index is 12.1. The van der Waals surface area contributed by atoms with Crippen LogP contribution in [-0.2, 0) is 18.4 Å². The number of nitrogens with one attached hydrogen (secondary N) is 1. The first-order valence-electron chi connectivity index (χ1n) is 13.2. The number of halogens is 1. The molecule has 1 aliphatic rings. The first kappa shape index (κ1) is 29.5. The van der Waals surface area contributed by atoms with Crippen LogP contribution in [0.25, 0.3) is 43.5 Å². The summed E-state index contributed by atoms with van der Waals surface area (Å²) in [6.07, 6.45) is -4.41. The molecule has 1 aliphatic heterocycles. The maximum absolute atomic E-state index is 12.1. The summed E-state index contributed by atoms with van der Waals surface area (Å²) in [4.78, 5) is 40.8. The highest BCUT2D eigenvalue weighted by atomic mass is 35.5. The number of aliphatic hydroxyl groups excluding tert-OH is 2. The normalized spacial score (nSPS) is 22.4. The van der Waals surface area contributed by atoms with Gasteiger partial charge in [-0.15, -0.1) is 0 Å². The summed E-state index contributed by atoms with van der Waals surface area (Å²) in [7, 11) is -9.57. The Bertz CT molecular complexity index is 2140. The number of hydrogen-bond donors (Lipinski definition) is 6. The predicted octanol–water partition coefficient (Wildman–Crippen LogP) is 4.08. The average Bonchev–Trinajstić information content (AvgIpc) is 3.50. The molecule has 44 heavy (non-hydrogen) atoms. The summed E-state index contributed by atoms with van der Waals surface area (Å²) in [6.45, 7) is -0.730. The number of anilines is 2. The quantitative estimate of drug-likeness (QED) is 0.0774. The Morgan fingerprint density at radius 2 is 1.61 bits per heavy atom. The van der Waals surface area contributed by atoms with E-state index in [0.29, 0.717) is 0 Å². The van der Waals surface area contributed by atoms with E-state index in [1.807, 2.05) is 24.3 Å². The van der Waals surface area contributed by atoms with Gasteiger partial charge in [-0.1, -0.05) is 48.5 Å². The smallest absolute Gasteiger partial charge is 0.340 e. The zero-order chi connectivity index (χ0) is 31.0. The summed E-state index contributed by atoms with van der Waals surface area (Å²) in [6, 6.07) is 18.3. The minimum atomic E-state index is -4.86. The van der Waals surface area contributed by atoms with Crippen molar-refractivity contribution in [2.24, 2.45) is 0 Å². The van der Waals surface area contributed by atoms with Gasteiger partial charge in [-0.2, -0.15) is 9.97 Å². The van der Waals surface area contributed by atoms with Crippen molar-refractivity contribution in [1.82, 2.24) is 19.5 Å². The minimum absolute atomic E-state index is 0.133. The highest BCUT2D eigenvalue weighted by molar-refractivity contribution is 7.70. The van der Waals surface area contributed by atoms with E-state index in [1.165, 1.54) is 10.9 Å². The molecule has 14 nitrogen and oxygen atoms in total. The minimum Gasteiger partial charge on any atom is -0.387 e. The van der Waals surface area contributed by atoms with Crippen molar-refractivity contribution in [2.45, 2.75) is 24.5 Å². The van der Waals surface area contributed by atoms with Crippen LogP contribution in [0.1, 0.15) is 6.23 Å². The third kappa shape index (κ3) is 5.23. The lowest BCUT2D eigenvalue weighted by Crippen LogP contribution is -2.33. The number of imidazole rings is 1. The van der Waals surface area contributed by atoms with Gasteiger partial charge < -0.3 is 39.5 Å². The summed E-state index contributed by atoms with van der Waals surface area (Å²) in [5.74, 6) is -1.13. The molecule has 0 radical (unpaired) electrons. The molecule has 6 N–H and O–H groups in total. The van der Waals surface area contributed by atoms with Crippen molar-refractivity contribution in [3.63, 3.8) is 0 Å². The van der Waals surface area contributed by atoms with Crippen LogP contribution >= 0.6 is 26.8 Å². The SMILES string of the molecule is O=P(O)(O)CP(=O)(O)OC[C@H]1O[C@@H](n2cnc3c(Nc4ccc5ccc6cccc7ccc4c5c67)nc(Cl)nc32)C(O)[C@H]1O. The number of rotatable bonds is 8. The number of hydrogen-bond acceptors (Lipinski definition) is 10. The fourth-order valence-electron chi connectivity index (χ4n) is 5.70. The van der Waals surface area contributed by atoms with Crippen molar-refractivity contribution >= 4 is 81.8 Å². The van der Waals surface area contributed by atoms with Gasteiger partial charge in [0.1, 0.15) is 18.3 Å². The molecule has 0 bridgehead atoms. The molecule has 3 heterocycles. The van der Waals surface area contributed by atoms with Crippen LogP contribution < -0.4 is 5.32 Å². The van der Waals surface area contributed by atoms with Crippen molar-refractivity contribution < 1.29 is 43.3 Å². The standard InChI is InChI=1S/C27H24ClN5O9P2/c28-27-31-24(30-17-9-7-15-5-4-13-2-1-3-14-6-8-16(17)20(15)19(13)14)21-25(32-27)33(11-29-21)26-23(35)22(34)18(42-26)10-41-44(39,40)12-43(36,37)38/h1-9,11,18,22-23,26,34-35H,10,12H2,(H,39,40)(H,30,31,32)(H2,36,37,38)/t18-,22+,23?,26-/m1/s1. The number of aromatic nitrogens is 4. The van der Waals surface area contributed by atoms with Crippen molar-refractivity contribution in [3.8, 4) is 0 Å². The molecule has 2 aromatic heterocycles. The Labute approximate surface area is 252 Å². The highest BCUT2D eigenvalue weighted by Gasteiger charge is 2.45. The van der Waals surface area contributed by atoms with Crippen LogP contribution in [0.5, 0.6) is 0 Å². The summed E-state index contributed by atoms with van der Waals surface area (Å²) in [5, 5.41) is 31.0. The Kier molecular flexibility index (Phi) is 7.15. The van der Waals surface area contributed by atoms with Gasteiger partial charge in [0.25, 0.3) is 0 Å². The molecule has 2 unspecified atom stereocenters. The second-order valence-electron chi connectivity index (χ2n) is 10.5. The summed E-state index contributed by atoms with van der Waals surface area (Å²) < 4.78 is 35.0. The molecule has 0 spiro atoms. The Morgan fingerprint density at radius 1 is 0.932 bits per heavy atom. The van der Waals surface area contributed by atoms with Crippen molar-refractivity contribution in [1.29, 1.82) is 0 Å². The molecular formula is C27H24ClN5O9P2. The first-order chi connectivity index (χ1) is 20.9. The van der Waals surface area contributed by atoms with Gasteiger partial charge >= 0.3 is 15.2 Å². The van der Waals surface area contributed by atoms with Crippen molar-refractivity contribution in [2.75, 3.05) is 17.8 Å². The molecule has 4 aromatic carbocycles. The average molecular weight is 660 g/mol. The maximum Gasteiger partial charge on any atom is 0.340 e. The van der Waals surface area contributed by atoms with Crippen LogP contribution in [0.4, 0.5) is 11.5 Å². The second kappa shape index (κ2) is 10.7. The monoisotopic (exact) mass is 659 g/mol. The lowest BCUT2D eigenvalue weighted by Gasteiger charge is -2.18. The molecule has 0 aliphatic carbocycles. The Hall–Kier alpha value is -3.26. The number of nitrogens with zero attached hydrogens (tertiary/aromatic N) is 4. The molecule has 0 saturated carbocycles. The zero-order valence-electron chi connectivity index (χ0n) is 22.4. The molecule has 1 fully saturated rings. The van der Waals surface area contributed by atoms with E-state index >= 15 is 0 Å². The fraction of sp³-hybridized carbons (Fsp3) is 0.222. The van der Waals surface area contributed by atoms with Crippen molar-refractivity contribution in [3.05, 3.63) is 66.2 Å². The summed E-state index contributed by atoms with van der Waals surface area (Å²) >= 11 is 6.32. The van der Waals surface area contributed by atoms with Gasteiger partial charge in [0.15, 0.2) is 29.1 Å². The predicted molar refractivity (Wildman–Crippen MR) is 162 cm³/mol. The van der Waals surface area contributed by atoms with Crippen LogP contribution in [0.2, 0.25) is 5.28 Å². The Morgan fingerprint density at radius 3 is 2.34 bits per heavy atom. The molecule has 6 aromatic rings. The fourth-order valence-corrected chi connectivity index (χ4v) is 8.43. The number of aliphatic hydroxyl groups is 2. The van der Waals surface area contributed by atoms with Gasteiger partial charge in [-0.3, -0.25) is 13.7 Å². The van der Waals surface area contributed by atoms with E-state index in [1.54, 1.807) is 0 Å². The van der Waals surface area contributed by atoms with E-state index in [2.05, 4.69) is 50.6 Å². The van der Waals surface area contributed by atoms with Crippen LogP contribution in [-0.4, -0.2) is 75.2 Å². The molecule has 228 valence electrons. The molecule has 5 atom stereocenters. The van der Waals surface area contributed by atoms with E-state index < -0.39 is 52.2 Å². The number of fused-ring (bicyclic) bond motifs is 1. The van der Waals surface area contributed by atoms with E-state index in [4.69, 9.17) is 30.6 Å². The van der Waals surface area contributed by atoms with E-state index in [9.17, 15) is 24.2 Å². The molecular weight excluding hydrogens is 636 g/mol. The number of benzene rings is 4. The molecule has 7 rings (SSSR count). The largest absolute Gasteiger partial charge is 0.387 e. The van der Waals surface area contributed by atoms with Gasteiger partial charge in [0, 0.05) is 11.1 Å². The Balaban J connectivity index is 1.21. The van der Waals surface area contributed by atoms with Crippen LogP contribution in [0.3, 0.4) is 0 Å². The topological polar surface area (TPSA) is 209 Å². The molecule has 0 amide bonds. The van der Waals surface area contributed by atoms with Gasteiger partial charge in [-0.05, 0) is 44.6 Å². The number of ether oxygens (including phenoxy) is 1. The zero-order valence-corrected chi connectivity index (χ0v) is 25.0. The van der Waals surface area contributed by atoms with Crippen LogP contribution in [0, 0.1) is 0 Å². The van der Waals surface area contributed by atoms with Gasteiger partial charge in [0.05, 0.1) is 12.9 Å².